The molecule has 2 aromatic rings. The van der Waals surface area contributed by atoms with Crippen LogP contribution in [0.15, 0.2) is 29.1 Å². The SMILES string of the molecule is CCOc1ccc([C@@H]2c3c([nH][nH]c3=O)C[C@](C)(O)[C@H]2C(=O)OC)cc1. The molecule has 25 heavy (non-hydrogen) atoms. The molecule has 0 saturated carbocycles. The lowest BCUT2D eigenvalue weighted by atomic mass is 9.66. The van der Waals surface area contributed by atoms with Gasteiger partial charge in [-0.3, -0.25) is 14.7 Å². The van der Waals surface area contributed by atoms with Crippen molar-refractivity contribution in [1.29, 1.82) is 0 Å². The minimum absolute atomic E-state index is 0.161. The van der Waals surface area contributed by atoms with E-state index in [9.17, 15) is 14.7 Å². The predicted octanol–water partition coefficient (Wildman–Crippen LogP) is 1.33. The van der Waals surface area contributed by atoms with Gasteiger partial charge in [0.05, 0.1) is 25.2 Å². The number of ether oxygens (including phenoxy) is 2. The standard InChI is InChI=1S/C18H22N2O5/c1-4-25-11-7-5-10(6-8-11)13-14-12(19-20-16(14)21)9-18(2,23)15(13)17(22)24-3/h5-8,13,15,23H,4,9H2,1-3H3,(H2,19,20,21)/t13-,15-,18+/m1/s1. The zero-order valence-electron chi connectivity index (χ0n) is 14.5. The lowest BCUT2D eigenvalue weighted by molar-refractivity contribution is -0.156. The highest BCUT2D eigenvalue weighted by Crippen LogP contribution is 2.44. The van der Waals surface area contributed by atoms with Crippen molar-refractivity contribution < 1.29 is 19.4 Å². The molecule has 0 unspecified atom stereocenters. The summed E-state index contributed by atoms with van der Waals surface area (Å²) in [5.74, 6) is -1.35. The first kappa shape index (κ1) is 17.3. The number of carbonyl (C=O) groups is 1. The van der Waals surface area contributed by atoms with E-state index < -0.39 is 23.4 Å². The number of fused-ring (bicyclic) bond motifs is 1. The molecular formula is C18H22N2O5. The highest BCUT2D eigenvalue weighted by Gasteiger charge is 2.51. The molecule has 0 saturated heterocycles. The number of carbonyl (C=O) groups excluding carboxylic acids is 1. The second kappa shape index (κ2) is 6.40. The molecule has 1 aromatic heterocycles. The van der Waals surface area contributed by atoms with E-state index in [0.717, 1.165) is 5.56 Å². The predicted molar refractivity (Wildman–Crippen MR) is 90.7 cm³/mol. The first-order valence-electron chi connectivity index (χ1n) is 8.21. The Bertz CT molecular complexity index is 819. The number of H-pyrrole nitrogens is 2. The van der Waals surface area contributed by atoms with Gasteiger partial charge in [-0.1, -0.05) is 12.1 Å². The monoisotopic (exact) mass is 346 g/mol. The number of rotatable bonds is 4. The molecule has 1 heterocycles. The maximum absolute atomic E-state index is 12.4. The minimum Gasteiger partial charge on any atom is -0.494 e. The van der Waals surface area contributed by atoms with Crippen LogP contribution in [0, 0.1) is 5.92 Å². The van der Waals surface area contributed by atoms with E-state index >= 15 is 0 Å². The van der Waals surface area contributed by atoms with Gasteiger partial charge in [-0.2, -0.15) is 0 Å². The van der Waals surface area contributed by atoms with Crippen LogP contribution in [-0.4, -0.2) is 40.6 Å². The summed E-state index contributed by atoms with van der Waals surface area (Å²) in [7, 11) is 1.28. The molecule has 3 atom stereocenters. The summed E-state index contributed by atoms with van der Waals surface area (Å²) < 4.78 is 10.4. The van der Waals surface area contributed by atoms with Gasteiger partial charge in [0.25, 0.3) is 5.56 Å². The molecule has 0 aliphatic heterocycles. The Labute approximate surface area is 145 Å². The maximum atomic E-state index is 12.4. The summed E-state index contributed by atoms with van der Waals surface area (Å²) in [5, 5.41) is 16.3. The first-order valence-corrected chi connectivity index (χ1v) is 8.21. The molecule has 0 radical (unpaired) electrons. The number of methoxy groups -OCH3 is 1. The van der Waals surface area contributed by atoms with Crippen LogP contribution in [0.1, 0.15) is 36.6 Å². The van der Waals surface area contributed by atoms with E-state index in [1.807, 2.05) is 19.1 Å². The van der Waals surface area contributed by atoms with Gasteiger partial charge < -0.3 is 19.7 Å². The number of benzene rings is 1. The summed E-state index contributed by atoms with van der Waals surface area (Å²) in [6.07, 6.45) is 0.161. The lowest BCUT2D eigenvalue weighted by Crippen LogP contribution is -2.49. The average molecular weight is 346 g/mol. The summed E-state index contributed by atoms with van der Waals surface area (Å²) in [6.45, 7) is 4.03. The number of nitrogens with one attached hydrogen (secondary N) is 2. The van der Waals surface area contributed by atoms with E-state index in [1.165, 1.54) is 7.11 Å². The smallest absolute Gasteiger partial charge is 0.312 e. The second-order valence-electron chi connectivity index (χ2n) is 6.49. The zero-order valence-corrected chi connectivity index (χ0v) is 14.5. The Hall–Kier alpha value is -2.54. The van der Waals surface area contributed by atoms with E-state index in [4.69, 9.17) is 9.47 Å². The van der Waals surface area contributed by atoms with E-state index in [-0.39, 0.29) is 12.0 Å². The molecule has 7 nitrogen and oxygen atoms in total. The number of aliphatic hydroxyl groups is 1. The van der Waals surface area contributed by atoms with Crippen LogP contribution in [0.25, 0.3) is 0 Å². The van der Waals surface area contributed by atoms with Crippen LogP contribution in [0.4, 0.5) is 0 Å². The van der Waals surface area contributed by atoms with Crippen molar-refractivity contribution in [1.82, 2.24) is 10.2 Å². The minimum atomic E-state index is -1.35. The molecule has 134 valence electrons. The fraction of sp³-hybridized carbons (Fsp3) is 0.444. The van der Waals surface area contributed by atoms with E-state index in [0.29, 0.717) is 23.6 Å². The molecule has 0 spiro atoms. The van der Waals surface area contributed by atoms with Crippen LogP contribution in [0.2, 0.25) is 0 Å². The van der Waals surface area contributed by atoms with Crippen LogP contribution in [0.3, 0.4) is 0 Å². The average Bonchev–Trinajstić information content (AvgIpc) is 2.93. The third-order valence-corrected chi connectivity index (χ3v) is 4.75. The number of hydrogen-bond acceptors (Lipinski definition) is 5. The number of aromatic amines is 2. The van der Waals surface area contributed by atoms with Gasteiger partial charge in [0, 0.05) is 23.6 Å². The quantitative estimate of drug-likeness (QED) is 0.725. The summed E-state index contributed by atoms with van der Waals surface area (Å²) >= 11 is 0. The molecule has 3 N–H and O–H groups in total. The molecule has 1 aliphatic carbocycles. The van der Waals surface area contributed by atoms with E-state index in [2.05, 4.69) is 10.2 Å². The van der Waals surface area contributed by atoms with Gasteiger partial charge in [-0.25, -0.2) is 0 Å². The van der Waals surface area contributed by atoms with Crippen molar-refractivity contribution in [3.63, 3.8) is 0 Å². The highest BCUT2D eigenvalue weighted by molar-refractivity contribution is 5.77. The molecular weight excluding hydrogens is 324 g/mol. The van der Waals surface area contributed by atoms with Crippen LogP contribution < -0.4 is 10.3 Å². The molecule has 3 rings (SSSR count). The molecule has 7 heteroatoms. The molecule has 0 fully saturated rings. The lowest BCUT2D eigenvalue weighted by Gasteiger charge is -2.40. The number of hydrogen-bond donors (Lipinski definition) is 3. The van der Waals surface area contributed by atoms with Gasteiger partial charge in [-0.05, 0) is 31.5 Å². The fourth-order valence-corrected chi connectivity index (χ4v) is 3.68. The normalized spacial score (nSPS) is 25.3. The first-order chi connectivity index (χ1) is 11.9. The Morgan fingerprint density at radius 2 is 2.00 bits per heavy atom. The van der Waals surface area contributed by atoms with Gasteiger partial charge in [0.1, 0.15) is 5.75 Å². The Morgan fingerprint density at radius 3 is 2.60 bits per heavy atom. The van der Waals surface area contributed by atoms with Crippen molar-refractivity contribution >= 4 is 5.97 Å². The number of esters is 1. The van der Waals surface area contributed by atoms with Crippen molar-refractivity contribution in [3.05, 3.63) is 51.4 Å². The van der Waals surface area contributed by atoms with Gasteiger partial charge >= 0.3 is 5.97 Å². The van der Waals surface area contributed by atoms with Crippen molar-refractivity contribution in [2.45, 2.75) is 31.8 Å². The fourth-order valence-electron chi connectivity index (χ4n) is 3.68. The third-order valence-electron chi connectivity index (χ3n) is 4.75. The Balaban J connectivity index is 2.15. The maximum Gasteiger partial charge on any atom is 0.312 e. The molecule has 0 bridgehead atoms. The highest BCUT2D eigenvalue weighted by atomic mass is 16.5. The van der Waals surface area contributed by atoms with Crippen molar-refractivity contribution in [2.24, 2.45) is 5.92 Å². The van der Waals surface area contributed by atoms with Crippen LogP contribution >= 0.6 is 0 Å². The van der Waals surface area contributed by atoms with Gasteiger partial charge in [-0.15, -0.1) is 0 Å². The van der Waals surface area contributed by atoms with Crippen LogP contribution in [-0.2, 0) is 16.0 Å². The second-order valence-corrected chi connectivity index (χ2v) is 6.49. The van der Waals surface area contributed by atoms with Crippen molar-refractivity contribution in [2.75, 3.05) is 13.7 Å². The summed E-state index contributed by atoms with van der Waals surface area (Å²) in [5.41, 5.74) is 0.165. The Morgan fingerprint density at radius 1 is 1.32 bits per heavy atom. The number of aromatic nitrogens is 2. The molecule has 1 aromatic carbocycles. The Kier molecular flexibility index (Phi) is 4.43. The largest absolute Gasteiger partial charge is 0.494 e. The van der Waals surface area contributed by atoms with E-state index in [1.54, 1.807) is 19.1 Å². The molecule has 1 aliphatic rings. The third kappa shape index (κ3) is 2.95. The zero-order chi connectivity index (χ0) is 18.2. The van der Waals surface area contributed by atoms with Gasteiger partial charge in [0.2, 0.25) is 0 Å². The molecule has 0 amide bonds. The van der Waals surface area contributed by atoms with Crippen LogP contribution in [0.5, 0.6) is 5.75 Å². The summed E-state index contributed by atoms with van der Waals surface area (Å²) in [4.78, 5) is 24.8. The van der Waals surface area contributed by atoms with Gasteiger partial charge in [0.15, 0.2) is 0 Å². The topological polar surface area (TPSA) is 104 Å². The summed E-state index contributed by atoms with van der Waals surface area (Å²) in [6, 6.07) is 7.19. The van der Waals surface area contributed by atoms with Crippen molar-refractivity contribution in [3.8, 4) is 5.75 Å².